The highest BCUT2D eigenvalue weighted by atomic mass is 32.2. The summed E-state index contributed by atoms with van der Waals surface area (Å²) >= 11 is 0. The van der Waals surface area contributed by atoms with E-state index in [4.69, 9.17) is 10.00 Å². The van der Waals surface area contributed by atoms with E-state index in [-0.39, 0.29) is 22.6 Å². The van der Waals surface area contributed by atoms with Gasteiger partial charge in [0.1, 0.15) is 29.3 Å². The molecule has 0 saturated heterocycles. The van der Waals surface area contributed by atoms with Crippen LogP contribution in [0.15, 0.2) is 12.1 Å². The van der Waals surface area contributed by atoms with Crippen molar-refractivity contribution in [3.05, 3.63) is 29.1 Å². The van der Waals surface area contributed by atoms with Gasteiger partial charge in [-0.2, -0.15) is 9.57 Å². The topological polar surface area (TPSA) is 90.6 Å². The zero-order valence-corrected chi connectivity index (χ0v) is 14.2. The highest BCUT2D eigenvalue weighted by molar-refractivity contribution is 7.89. The van der Waals surface area contributed by atoms with Gasteiger partial charge in [-0.3, -0.25) is 0 Å². The smallest absolute Gasteiger partial charge is 0.214 e. The lowest BCUT2D eigenvalue weighted by atomic mass is 9.86. The second-order valence-corrected chi connectivity index (χ2v) is 8.31. The monoisotopic (exact) mass is 342 g/mol. The zero-order valence-electron chi connectivity index (χ0n) is 13.4. The third-order valence-electron chi connectivity index (χ3n) is 4.12. The molecule has 1 aliphatic heterocycles. The van der Waals surface area contributed by atoms with Crippen LogP contribution in [-0.2, 0) is 10.0 Å². The van der Waals surface area contributed by atoms with Crippen molar-refractivity contribution in [1.82, 2.24) is 4.31 Å². The van der Waals surface area contributed by atoms with Gasteiger partial charge in [0.15, 0.2) is 0 Å². The Morgan fingerprint density at radius 3 is 2.61 bits per heavy atom. The molecule has 1 aliphatic rings. The number of benzene rings is 1. The van der Waals surface area contributed by atoms with E-state index in [1.54, 1.807) is 19.9 Å². The van der Waals surface area contributed by atoms with Crippen molar-refractivity contribution in [3.8, 4) is 11.8 Å². The van der Waals surface area contributed by atoms with Crippen LogP contribution in [-0.4, -0.2) is 42.3 Å². The van der Waals surface area contributed by atoms with Crippen LogP contribution in [0, 0.1) is 17.1 Å². The van der Waals surface area contributed by atoms with Crippen LogP contribution in [0.25, 0.3) is 0 Å². The molecule has 1 N–H and O–H groups in total. The lowest BCUT2D eigenvalue weighted by Crippen LogP contribution is -2.54. The predicted molar refractivity (Wildman–Crippen MR) is 81.8 cm³/mol. The minimum absolute atomic E-state index is 0.125. The second kappa shape index (κ2) is 5.74. The number of halogens is 1. The van der Waals surface area contributed by atoms with Crippen LogP contribution < -0.4 is 4.74 Å². The van der Waals surface area contributed by atoms with Gasteiger partial charge in [0.25, 0.3) is 0 Å². The Hall–Kier alpha value is -1.69. The fraction of sp³-hybridized carbons (Fsp3) is 0.533. The number of hydrogen-bond donors (Lipinski definition) is 1. The van der Waals surface area contributed by atoms with Crippen LogP contribution >= 0.6 is 0 Å². The van der Waals surface area contributed by atoms with Crippen molar-refractivity contribution < 1.29 is 22.7 Å². The minimum Gasteiger partial charge on any atom is -0.485 e. The molecule has 0 spiro atoms. The van der Waals surface area contributed by atoms with E-state index in [1.165, 1.54) is 20.0 Å². The average Bonchev–Trinajstić information content (AvgIpc) is 2.47. The van der Waals surface area contributed by atoms with Gasteiger partial charge in [-0.1, -0.05) is 0 Å². The van der Waals surface area contributed by atoms with Crippen LogP contribution in [0.4, 0.5) is 4.39 Å². The Balaban J connectivity index is 2.69. The fourth-order valence-corrected chi connectivity index (χ4v) is 3.62. The maximum absolute atomic E-state index is 13.9. The Morgan fingerprint density at radius 1 is 1.48 bits per heavy atom. The number of nitriles is 1. The van der Waals surface area contributed by atoms with E-state index < -0.39 is 33.6 Å². The molecule has 6 nitrogen and oxygen atoms in total. The summed E-state index contributed by atoms with van der Waals surface area (Å²) in [6, 6.07) is 3.03. The van der Waals surface area contributed by atoms with Gasteiger partial charge in [0.05, 0.1) is 17.4 Å². The normalized spacial score (nSPS) is 23.0. The molecule has 0 aliphatic carbocycles. The van der Waals surface area contributed by atoms with Crippen molar-refractivity contribution in [1.29, 1.82) is 5.26 Å². The number of sulfonamides is 1. The standard InChI is InChI=1S/C15H19FN2O4S/c1-5-23(20,21)18(4)13-10-6-9(8-17)11(16)7-12(10)22-15(2,3)14(13)19/h6-7,13-14,19H,5H2,1-4H3. The SMILES string of the molecule is CCS(=O)(=O)N(C)C1c2cc(C#N)c(F)cc2OC(C)(C)C1O. The van der Waals surface area contributed by atoms with E-state index in [2.05, 4.69) is 0 Å². The quantitative estimate of drug-likeness (QED) is 0.900. The molecular formula is C15H19FN2O4S. The zero-order chi connectivity index (χ0) is 17.6. The Morgan fingerprint density at radius 2 is 2.09 bits per heavy atom. The number of fused-ring (bicyclic) bond motifs is 1. The molecule has 2 atom stereocenters. The molecule has 2 rings (SSSR count). The molecular weight excluding hydrogens is 323 g/mol. The summed E-state index contributed by atoms with van der Waals surface area (Å²) in [7, 11) is -2.26. The lowest BCUT2D eigenvalue weighted by Gasteiger charge is -2.44. The number of ether oxygens (including phenoxy) is 1. The van der Waals surface area contributed by atoms with Crippen molar-refractivity contribution in [3.63, 3.8) is 0 Å². The molecule has 0 fully saturated rings. The van der Waals surface area contributed by atoms with Crippen LogP contribution in [0.1, 0.15) is 37.9 Å². The Labute approximate surface area is 135 Å². The first-order chi connectivity index (χ1) is 10.5. The maximum atomic E-state index is 13.9. The van der Waals surface area contributed by atoms with E-state index in [0.717, 1.165) is 10.4 Å². The van der Waals surface area contributed by atoms with Gasteiger partial charge in [-0.25, -0.2) is 12.8 Å². The molecule has 0 amide bonds. The average molecular weight is 342 g/mol. The maximum Gasteiger partial charge on any atom is 0.214 e. The predicted octanol–water partition coefficient (Wildman–Crippen LogP) is 1.55. The number of likely N-dealkylation sites (N-methyl/N-ethyl adjacent to an activating group) is 1. The first kappa shape index (κ1) is 17.7. The molecule has 0 aromatic heterocycles. The molecule has 23 heavy (non-hydrogen) atoms. The van der Waals surface area contributed by atoms with Gasteiger partial charge in [-0.15, -0.1) is 0 Å². The third kappa shape index (κ3) is 2.92. The number of aliphatic hydroxyl groups excluding tert-OH is 1. The molecule has 8 heteroatoms. The van der Waals surface area contributed by atoms with E-state index in [1.807, 2.05) is 0 Å². The van der Waals surface area contributed by atoms with Crippen molar-refractivity contribution in [2.24, 2.45) is 0 Å². The summed E-state index contributed by atoms with van der Waals surface area (Å²) < 4.78 is 45.0. The van der Waals surface area contributed by atoms with Gasteiger partial charge in [0.2, 0.25) is 10.0 Å². The van der Waals surface area contributed by atoms with Crippen LogP contribution in [0.5, 0.6) is 5.75 Å². The molecule has 1 aromatic rings. The minimum atomic E-state index is -3.61. The summed E-state index contributed by atoms with van der Waals surface area (Å²) in [6.07, 6.45) is -1.18. The number of hydrogen-bond acceptors (Lipinski definition) is 5. The van der Waals surface area contributed by atoms with Crippen LogP contribution in [0.2, 0.25) is 0 Å². The lowest BCUT2D eigenvalue weighted by molar-refractivity contribution is -0.0765. The molecule has 0 radical (unpaired) electrons. The summed E-state index contributed by atoms with van der Waals surface area (Å²) in [6.45, 7) is 4.68. The fourth-order valence-electron chi connectivity index (χ4n) is 2.64. The first-order valence-corrected chi connectivity index (χ1v) is 8.72. The van der Waals surface area contributed by atoms with Crippen molar-refractivity contribution >= 4 is 10.0 Å². The Kier molecular flexibility index (Phi) is 4.41. The number of nitrogens with zero attached hydrogens (tertiary/aromatic N) is 2. The molecule has 1 aromatic carbocycles. The number of aliphatic hydroxyl groups is 1. The summed E-state index contributed by atoms with van der Waals surface area (Å²) in [5.41, 5.74) is -1.07. The van der Waals surface area contributed by atoms with E-state index in [9.17, 15) is 17.9 Å². The van der Waals surface area contributed by atoms with Crippen molar-refractivity contribution in [2.45, 2.75) is 38.5 Å². The van der Waals surface area contributed by atoms with Gasteiger partial charge >= 0.3 is 0 Å². The first-order valence-electron chi connectivity index (χ1n) is 7.11. The summed E-state index contributed by atoms with van der Waals surface area (Å²) in [5.74, 6) is -0.770. The van der Waals surface area contributed by atoms with Gasteiger partial charge < -0.3 is 9.84 Å². The van der Waals surface area contributed by atoms with Gasteiger partial charge in [0, 0.05) is 18.7 Å². The largest absolute Gasteiger partial charge is 0.485 e. The molecule has 2 unspecified atom stereocenters. The summed E-state index contributed by atoms with van der Waals surface area (Å²) in [5, 5.41) is 19.6. The molecule has 0 bridgehead atoms. The van der Waals surface area contributed by atoms with Crippen molar-refractivity contribution in [2.75, 3.05) is 12.8 Å². The van der Waals surface area contributed by atoms with Crippen LogP contribution in [0.3, 0.4) is 0 Å². The Bertz CT molecular complexity index is 770. The highest BCUT2D eigenvalue weighted by Crippen LogP contribution is 2.44. The summed E-state index contributed by atoms with van der Waals surface area (Å²) in [4.78, 5) is 0. The van der Waals surface area contributed by atoms with Gasteiger partial charge in [-0.05, 0) is 26.8 Å². The van der Waals surface area contributed by atoms with E-state index >= 15 is 0 Å². The highest BCUT2D eigenvalue weighted by Gasteiger charge is 2.47. The van der Waals surface area contributed by atoms with E-state index in [0.29, 0.717) is 0 Å². The molecule has 1 heterocycles. The number of rotatable bonds is 3. The molecule has 0 saturated carbocycles. The second-order valence-electron chi connectivity index (χ2n) is 5.99. The third-order valence-corrected chi connectivity index (χ3v) is 5.95. The molecule has 126 valence electrons.